The monoisotopic (exact) mass is 349 g/mol. The number of rotatable bonds is 6. The maximum absolute atomic E-state index is 11.2. The lowest BCUT2D eigenvalue weighted by molar-refractivity contribution is -0.137. The summed E-state index contributed by atoms with van der Waals surface area (Å²) in [6, 6.07) is 8.07. The van der Waals surface area contributed by atoms with Gasteiger partial charge in [0.1, 0.15) is 12.4 Å². The van der Waals surface area contributed by atoms with Crippen LogP contribution in [0.25, 0.3) is 0 Å². The predicted molar refractivity (Wildman–Crippen MR) is 93.2 cm³/mol. The van der Waals surface area contributed by atoms with Crippen molar-refractivity contribution >= 4 is 17.7 Å². The summed E-state index contributed by atoms with van der Waals surface area (Å²) in [4.78, 5) is 11.2. The maximum Gasteiger partial charge on any atom is 0.316 e. The molecule has 1 aromatic carbocycles. The molecule has 0 aliphatic rings. The summed E-state index contributed by atoms with van der Waals surface area (Å²) >= 11 is 1.29. The molecule has 0 fully saturated rings. The molecule has 24 heavy (non-hydrogen) atoms. The van der Waals surface area contributed by atoms with E-state index in [1.807, 2.05) is 23.7 Å². The molecule has 1 aromatic heterocycles. The fourth-order valence-electron chi connectivity index (χ4n) is 1.98. The number of ether oxygens (including phenoxy) is 2. The maximum atomic E-state index is 11.2. The molecule has 2 aromatic rings. The van der Waals surface area contributed by atoms with Gasteiger partial charge in [-0.25, -0.2) is 0 Å². The minimum Gasteiger partial charge on any atom is -0.486 e. The number of thioether (sulfide) groups is 1. The molecule has 6 nitrogen and oxygen atoms in total. The van der Waals surface area contributed by atoms with Gasteiger partial charge >= 0.3 is 5.97 Å². The molecule has 1 heterocycles. The van der Waals surface area contributed by atoms with Crippen molar-refractivity contribution in [3.63, 3.8) is 0 Å². The molecule has 130 valence electrons. The molecule has 0 atom stereocenters. The zero-order chi connectivity index (χ0) is 17.7. The highest BCUT2D eigenvalue weighted by Crippen LogP contribution is 2.24. The number of benzene rings is 1. The molecule has 0 amide bonds. The van der Waals surface area contributed by atoms with Gasteiger partial charge in [0, 0.05) is 7.05 Å². The van der Waals surface area contributed by atoms with E-state index in [2.05, 4.69) is 47.8 Å². The lowest BCUT2D eigenvalue weighted by Gasteiger charge is -2.19. The van der Waals surface area contributed by atoms with Gasteiger partial charge in [-0.3, -0.25) is 4.79 Å². The zero-order valence-electron chi connectivity index (χ0n) is 14.7. The predicted octanol–water partition coefficient (Wildman–Crippen LogP) is 2.96. The van der Waals surface area contributed by atoms with E-state index in [1.54, 1.807) is 0 Å². The van der Waals surface area contributed by atoms with Crippen LogP contribution in [0.3, 0.4) is 0 Å². The average Bonchev–Trinajstić information content (AvgIpc) is 2.90. The van der Waals surface area contributed by atoms with Gasteiger partial charge in [0.2, 0.25) is 0 Å². The molecule has 0 radical (unpaired) electrons. The first-order valence-corrected chi connectivity index (χ1v) is 8.61. The van der Waals surface area contributed by atoms with E-state index in [0.29, 0.717) is 17.6 Å². The van der Waals surface area contributed by atoms with Crippen molar-refractivity contribution in [2.24, 2.45) is 7.05 Å². The molecule has 0 unspecified atom stereocenters. The van der Waals surface area contributed by atoms with Gasteiger partial charge in [-0.15, -0.1) is 10.2 Å². The molecular formula is C17H23N3O3S. The van der Waals surface area contributed by atoms with E-state index in [9.17, 15) is 4.79 Å². The highest BCUT2D eigenvalue weighted by atomic mass is 32.2. The highest BCUT2D eigenvalue weighted by Gasteiger charge is 2.14. The van der Waals surface area contributed by atoms with Crippen molar-refractivity contribution in [2.45, 2.75) is 37.9 Å². The second-order valence-corrected chi connectivity index (χ2v) is 7.33. The Morgan fingerprint density at radius 3 is 2.46 bits per heavy atom. The number of esters is 1. The SMILES string of the molecule is COC(=O)CSc1nnc(COc2ccc(C(C)(C)C)cc2)n1C. The van der Waals surface area contributed by atoms with Gasteiger partial charge in [-0.2, -0.15) is 0 Å². The summed E-state index contributed by atoms with van der Waals surface area (Å²) < 4.78 is 12.2. The number of carbonyl (C=O) groups excluding carboxylic acids is 1. The Labute approximate surface area is 146 Å². The third kappa shape index (κ3) is 4.74. The Bertz CT molecular complexity index is 690. The molecule has 0 bridgehead atoms. The van der Waals surface area contributed by atoms with E-state index in [1.165, 1.54) is 24.4 Å². The lowest BCUT2D eigenvalue weighted by atomic mass is 9.87. The van der Waals surface area contributed by atoms with Gasteiger partial charge in [-0.05, 0) is 23.1 Å². The number of hydrogen-bond donors (Lipinski definition) is 0. The third-order valence-electron chi connectivity index (χ3n) is 3.56. The molecule has 0 saturated heterocycles. The number of methoxy groups -OCH3 is 1. The van der Waals surface area contributed by atoms with Crippen LogP contribution in [0.4, 0.5) is 0 Å². The Kier molecular flexibility index (Phi) is 5.88. The molecule has 2 rings (SSSR count). The number of nitrogens with zero attached hydrogens (tertiary/aromatic N) is 3. The van der Waals surface area contributed by atoms with Crippen molar-refractivity contribution in [3.8, 4) is 5.75 Å². The molecule has 0 N–H and O–H groups in total. The fraction of sp³-hybridized carbons (Fsp3) is 0.471. The Balaban J connectivity index is 1.95. The van der Waals surface area contributed by atoms with Crippen LogP contribution in [0, 0.1) is 0 Å². The van der Waals surface area contributed by atoms with E-state index >= 15 is 0 Å². The minimum atomic E-state index is -0.292. The van der Waals surface area contributed by atoms with E-state index in [0.717, 1.165) is 5.75 Å². The molecule has 0 aliphatic heterocycles. The first kappa shape index (κ1) is 18.3. The van der Waals surface area contributed by atoms with Crippen LogP contribution in [0.1, 0.15) is 32.2 Å². The van der Waals surface area contributed by atoms with Crippen LogP contribution >= 0.6 is 11.8 Å². The molecule has 0 aliphatic carbocycles. The van der Waals surface area contributed by atoms with E-state index in [-0.39, 0.29) is 17.1 Å². The molecule has 0 spiro atoms. The summed E-state index contributed by atoms with van der Waals surface area (Å²) in [6.45, 7) is 6.85. The summed E-state index contributed by atoms with van der Waals surface area (Å²) in [5.41, 5.74) is 1.38. The average molecular weight is 349 g/mol. The molecule has 0 saturated carbocycles. The van der Waals surface area contributed by atoms with Crippen molar-refractivity contribution in [1.29, 1.82) is 0 Å². The molecular weight excluding hydrogens is 326 g/mol. The topological polar surface area (TPSA) is 66.2 Å². The van der Waals surface area contributed by atoms with Gasteiger partial charge in [0.25, 0.3) is 0 Å². The normalized spacial score (nSPS) is 11.4. The smallest absolute Gasteiger partial charge is 0.316 e. The van der Waals surface area contributed by atoms with Crippen LogP contribution in [-0.4, -0.2) is 33.6 Å². The van der Waals surface area contributed by atoms with Gasteiger partial charge in [0.15, 0.2) is 11.0 Å². The van der Waals surface area contributed by atoms with E-state index in [4.69, 9.17) is 4.74 Å². The fourth-order valence-corrected chi connectivity index (χ4v) is 2.74. The van der Waals surface area contributed by atoms with Gasteiger partial charge in [0.05, 0.1) is 12.9 Å². The second-order valence-electron chi connectivity index (χ2n) is 6.39. The van der Waals surface area contributed by atoms with Crippen molar-refractivity contribution in [2.75, 3.05) is 12.9 Å². The quantitative estimate of drug-likeness (QED) is 0.590. The Morgan fingerprint density at radius 1 is 1.21 bits per heavy atom. The third-order valence-corrected chi connectivity index (χ3v) is 4.55. The number of aromatic nitrogens is 3. The number of carbonyl (C=O) groups is 1. The van der Waals surface area contributed by atoms with Crippen molar-refractivity contribution in [3.05, 3.63) is 35.7 Å². The van der Waals surface area contributed by atoms with E-state index < -0.39 is 0 Å². The summed E-state index contributed by atoms with van der Waals surface area (Å²) in [6.07, 6.45) is 0. The van der Waals surface area contributed by atoms with Gasteiger partial charge in [-0.1, -0.05) is 44.7 Å². The summed E-state index contributed by atoms with van der Waals surface area (Å²) in [7, 11) is 3.21. The standard InChI is InChI=1S/C17H23N3O3S/c1-17(2,3)12-6-8-13(9-7-12)23-10-14-18-19-16(20(14)4)24-11-15(21)22-5/h6-9H,10-11H2,1-5H3. The lowest BCUT2D eigenvalue weighted by Crippen LogP contribution is -2.10. The first-order valence-electron chi connectivity index (χ1n) is 7.62. The first-order chi connectivity index (χ1) is 11.3. The van der Waals surface area contributed by atoms with Crippen molar-refractivity contribution < 1.29 is 14.3 Å². The Morgan fingerprint density at radius 2 is 1.88 bits per heavy atom. The zero-order valence-corrected chi connectivity index (χ0v) is 15.5. The largest absolute Gasteiger partial charge is 0.486 e. The van der Waals surface area contributed by atoms with Crippen LogP contribution in [0.5, 0.6) is 5.75 Å². The minimum absolute atomic E-state index is 0.119. The van der Waals surface area contributed by atoms with Gasteiger partial charge < -0.3 is 14.0 Å². The molecule has 7 heteroatoms. The van der Waals surface area contributed by atoms with Crippen molar-refractivity contribution in [1.82, 2.24) is 14.8 Å². The second kappa shape index (κ2) is 7.70. The van der Waals surface area contributed by atoms with Crippen LogP contribution < -0.4 is 4.74 Å². The highest BCUT2D eigenvalue weighted by molar-refractivity contribution is 7.99. The number of hydrogen-bond acceptors (Lipinski definition) is 6. The Hall–Kier alpha value is -2.02. The summed E-state index contributed by atoms with van der Waals surface area (Å²) in [5.74, 6) is 1.40. The van der Waals surface area contributed by atoms with Crippen LogP contribution in [0.15, 0.2) is 29.4 Å². The van der Waals surface area contributed by atoms with Crippen LogP contribution in [0.2, 0.25) is 0 Å². The van der Waals surface area contributed by atoms with Crippen LogP contribution in [-0.2, 0) is 28.6 Å². The summed E-state index contributed by atoms with van der Waals surface area (Å²) in [5, 5.41) is 8.83.